The first kappa shape index (κ1) is 18.4. The van der Waals surface area contributed by atoms with Gasteiger partial charge >= 0.3 is 0 Å². The Labute approximate surface area is 202 Å². The lowest BCUT2D eigenvalue weighted by Crippen LogP contribution is -2.26. The van der Waals surface area contributed by atoms with Crippen LogP contribution in [0.1, 0.15) is 22.3 Å². The molecule has 0 atom stereocenters. The van der Waals surface area contributed by atoms with Gasteiger partial charge in [-0.25, -0.2) is 0 Å². The van der Waals surface area contributed by atoms with E-state index in [0.29, 0.717) is 0 Å². The minimum atomic E-state index is -0.343. The minimum Gasteiger partial charge on any atom is -0.264 e. The molecule has 0 N–H and O–H groups in total. The summed E-state index contributed by atoms with van der Waals surface area (Å²) in [6.45, 7) is 0. The smallest absolute Gasteiger partial charge is 0.0746 e. The highest BCUT2D eigenvalue weighted by Crippen LogP contribution is 2.67. The highest BCUT2D eigenvalue weighted by atomic mass is 32.1. The Hall–Kier alpha value is -4.01. The molecule has 0 aliphatic heterocycles. The molecule has 4 aromatic carbocycles. The molecule has 0 bridgehead atoms. The highest BCUT2D eigenvalue weighted by molar-refractivity contribution is 7.22. The fraction of sp³-hybridized carbons (Fsp3) is 0.0312. The van der Waals surface area contributed by atoms with Crippen LogP contribution < -0.4 is 0 Å². The van der Waals surface area contributed by atoms with Crippen molar-refractivity contribution in [2.75, 3.05) is 0 Å². The Morgan fingerprint density at radius 1 is 0.559 bits per heavy atom. The van der Waals surface area contributed by atoms with Crippen LogP contribution in [0.15, 0.2) is 116 Å². The maximum absolute atomic E-state index is 4.48. The average Bonchev–Trinajstić information content (AvgIpc) is 3.53. The van der Waals surface area contributed by atoms with Crippen molar-refractivity contribution >= 4 is 21.4 Å². The van der Waals surface area contributed by atoms with E-state index in [1.165, 1.54) is 65.0 Å². The number of thiophene rings is 1. The molecule has 0 saturated heterocycles. The first-order valence-electron chi connectivity index (χ1n) is 11.6. The average molecular weight is 450 g/mol. The predicted octanol–water partition coefficient (Wildman–Crippen LogP) is 8.31. The number of rotatable bonds is 1. The van der Waals surface area contributed by atoms with Crippen molar-refractivity contribution in [3.63, 3.8) is 0 Å². The Balaban J connectivity index is 1.64. The van der Waals surface area contributed by atoms with Crippen LogP contribution in [0.5, 0.6) is 0 Å². The zero-order valence-electron chi connectivity index (χ0n) is 18.3. The standard InChI is InChI=1S/C32H19NS/c1-4-15-26-22(10-1)23-11-2-5-16-27(23)32(26)29-21(20-9-8-18-33-19-20)13-7-14-25(29)31-30(32)24-12-3-6-17-28(24)34-31/h1-19H. The monoisotopic (exact) mass is 449 g/mol. The second kappa shape index (κ2) is 6.53. The van der Waals surface area contributed by atoms with E-state index in [-0.39, 0.29) is 5.41 Å². The molecule has 2 aromatic heterocycles. The van der Waals surface area contributed by atoms with Crippen LogP contribution >= 0.6 is 11.3 Å². The van der Waals surface area contributed by atoms with Crippen LogP contribution in [0.2, 0.25) is 0 Å². The summed E-state index contributed by atoms with van der Waals surface area (Å²) in [6, 6.07) is 38.0. The van der Waals surface area contributed by atoms with Gasteiger partial charge < -0.3 is 0 Å². The minimum absolute atomic E-state index is 0.343. The molecule has 2 aliphatic carbocycles. The van der Waals surface area contributed by atoms with Gasteiger partial charge in [0.2, 0.25) is 0 Å². The third kappa shape index (κ3) is 2.08. The van der Waals surface area contributed by atoms with Crippen molar-refractivity contribution < 1.29 is 0 Å². The molecule has 0 fully saturated rings. The normalized spacial score (nSPS) is 14.1. The second-order valence-electron chi connectivity index (χ2n) is 9.11. The molecule has 2 heterocycles. The van der Waals surface area contributed by atoms with E-state index in [0.717, 1.165) is 0 Å². The van der Waals surface area contributed by atoms with Gasteiger partial charge in [0.25, 0.3) is 0 Å². The van der Waals surface area contributed by atoms with Gasteiger partial charge in [-0.15, -0.1) is 11.3 Å². The van der Waals surface area contributed by atoms with Crippen LogP contribution in [0, 0.1) is 0 Å². The SMILES string of the molecule is c1cncc(-c2cccc3c2C2(c4ccccc4-c4ccccc42)c2c-3sc3ccccc23)c1. The zero-order valence-corrected chi connectivity index (χ0v) is 19.1. The molecule has 158 valence electrons. The summed E-state index contributed by atoms with van der Waals surface area (Å²) in [6.07, 6.45) is 3.85. The third-order valence-corrected chi connectivity index (χ3v) is 8.78. The van der Waals surface area contributed by atoms with E-state index >= 15 is 0 Å². The summed E-state index contributed by atoms with van der Waals surface area (Å²) in [5.41, 5.74) is 11.7. The van der Waals surface area contributed by atoms with Gasteiger partial charge in [0.05, 0.1) is 5.41 Å². The van der Waals surface area contributed by atoms with E-state index in [4.69, 9.17) is 0 Å². The van der Waals surface area contributed by atoms with Crippen LogP contribution in [0.4, 0.5) is 0 Å². The number of pyridine rings is 1. The largest absolute Gasteiger partial charge is 0.264 e. The number of aromatic nitrogens is 1. The number of fused-ring (bicyclic) bond motifs is 12. The van der Waals surface area contributed by atoms with Crippen LogP contribution in [0.3, 0.4) is 0 Å². The van der Waals surface area contributed by atoms with Gasteiger partial charge in [-0.1, -0.05) is 91.0 Å². The van der Waals surface area contributed by atoms with Crippen molar-refractivity contribution in [3.8, 4) is 32.7 Å². The van der Waals surface area contributed by atoms with Crippen molar-refractivity contribution in [1.82, 2.24) is 4.98 Å². The van der Waals surface area contributed by atoms with Crippen molar-refractivity contribution in [2.24, 2.45) is 0 Å². The van der Waals surface area contributed by atoms with Gasteiger partial charge in [0.15, 0.2) is 0 Å². The van der Waals surface area contributed by atoms with Crippen LogP contribution in [0.25, 0.3) is 42.8 Å². The fourth-order valence-corrected chi connectivity index (χ4v) is 7.71. The van der Waals surface area contributed by atoms with Crippen molar-refractivity contribution in [2.45, 2.75) is 5.41 Å². The Bertz CT molecular complexity index is 1710. The first-order chi connectivity index (χ1) is 16.9. The molecule has 6 aromatic rings. The maximum atomic E-state index is 4.48. The number of benzene rings is 4. The zero-order chi connectivity index (χ0) is 22.3. The lowest BCUT2D eigenvalue weighted by molar-refractivity contribution is 0.804. The van der Waals surface area contributed by atoms with Crippen LogP contribution in [-0.4, -0.2) is 4.98 Å². The van der Waals surface area contributed by atoms with Gasteiger partial charge in [-0.05, 0) is 62.0 Å². The quantitative estimate of drug-likeness (QED) is 0.246. The molecule has 0 radical (unpaired) electrons. The molecule has 8 rings (SSSR count). The van der Waals surface area contributed by atoms with E-state index in [1.54, 1.807) is 0 Å². The van der Waals surface area contributed by atoms with E-state index in [1.807, 2.05) is 29.8 Å². The predicted molar refractivity (Wildman–Crippen MR) is 141 cm³/mol. The molecule has 0 amide bonds. The summed E-state index contributed by atoms with van der Waals surface area (Å²) in [5, 5.41) is 1.36. The Morgan fingerprint density at radius 2 is 1.24 bits per heavy atom. The maximum Gasteiger partial charge on any atom is 0.0746 e. The lowest BCUT2D eigenvalue weighted by Gasteiger charge is -2.32. The van der Waals surface area contributed by atoms with E-state index in [9.17, 15) is 0 Å². The van der Waals surface area contributed by atoms with Gasteiger partial charge in [-0.2, -0.15) is 0 Å². The van der Waals surface area contributed by atoms with Gasteiger partial charge in [-0.3, -0.25) is 4.98 Å². The summed E-state index contributed by atoms with van der Waals surface area (Å²) in [7, 11) is 0. The molecule has 2 aliphatic rings. The van der Waals surface area contributed by atoms with Gasteiger partial charge in [0.1, 0.15) is 0 Å². The molecule has 34 heavy (non-hydrogen) atoms. The Kier molecular flexibility index (Phi) is 3.54. The summed E-state index contributed by atoms with van der Waals surface area (Å²) in [4.78, 5) is 5.88. The summed E-state index contributed by atoms with van der Waals surface area (Å²) < 4.78 is 1.35. The molecule has 0 saturated carbocycles. The second-order valence-corrected chi connectivity index (χ2v) is 10.2. The topological polar surface area (TPSA) is 12.9 Å². The fourth-order valence-electron chi connectivity index (χ4n) is 6.41. The molecular formula is C32H19NS. The van der Waals surface area contributed by atoms with Crippen molar-refractivity contribution in [3.05, 3.63) is 138 Å². The summed E-state index contributed by atoms with van der Waals surface area (Å²) in [5.74, 6) is 0. The lowest BCUT2D eigenvalue weighted by atomic mass is 9.68. The van der Waals surface area contributed by atoms with E-state index < -0.39 is 0 Å². The van der Waals surface area contributed by atoms with E-state index in [2.05, 4.69) is 102 Å². The molecule has 0 unspecified atom stereocenters. The molecule has 1 spiro atoms. The number of nitrogens with zero attached hydrogens (tertiary/aromatic N) is 1. The highest BCUT2D eigenvalue weighted by Gasteiger charge is 2.54. The van der Waals surface area contributed by atoms with Gasteiger partial charge in [0, 0.05) is 27.5 Å². The Morgan fingerprint density at radius 3 is 2.00 bits per heavy atom. The molecule has 2 heteroatoms. The molecule has 1 nitrogen and oxygen atoms in total. The third-order valence-electron chi connectivity index (χ3n) is 7.58. The summed E-state index contributed by atoms with van der Waals surface area (Å²) >= 11 is 1.93. The number of hydrogen-bond donors (Lipinski definition) is 0. The van der Waals surface area contributed by atoms with Crippen molar-refractivity contribution in [1.29, 1.82) is 0 Å². The first-order valence-corrected chi connectivity index (χ1v) is 12.5. The molecular weight excluding hydrogens is 430 g/mol. The number of hydrogen-bond acceptors (Lipinski definition) is 2. The van der Waals surface area contributed by atoms with Crippen LogP contribution in [-0.2, 0) is 5.41 Å².